The van der Waals surface area contributed by atoms with Crippen LogP contribution in [0.4, 0.5) is 5.82 Å². The molecule has 200 valence electrons. The van der Waals surface area contributed by atoms with E-state index in [0.29, 0.717) is 45.6 Å². The van der Waals surface area contributed by atoms with Crippen molar-refractivity contribution in [3.05, 3.63) is 45.7 Å². The van der Waals surface area contributed by atoms with Gasteiger partial charge in [0.05, 0.1) is 12.2 Å². The average molecular weight is 556 g/mol. The van der Waals surface area contributed by atoms with Gasteiger partial charge in [-0.15, -0.1) is 0 Å². The van der Waals surface area contributed by atoms with Crippen molar-refractivity contribution < 1.29 is 4.79 Å². The largest absolute Gasteiger partial charge is 0.370 e. The Morgan fingerprint density at radius 3 is 2.82 bits per heavy atom. The predicted octanol–water partition coefficient (Wildman–Crippen LogP) is 4.56. The first-order chi connectivity index (χ1) is 18.3. The van der Waals surface area contributed by atoms with Crippen LogP contribution in [-0.4, -0.2) is 62.3 Å². The van der Waals surface area contributed by atoms with Crippen molar-refractivity contribution in [1.82, 2.24) is 24.6 Å². The number of anilines is 1. The lowest BCUT2D eigenvalue weighted by atomic mass is 9.91. The zero-order valence-corrected chi connectivity index (χ0v) is 23.2. The van der Waals surface area contributed by atoms with E-state index in [9.17, 15) is 10.1 Å². The monoisotopic (exact) mass is 554 g/mol. The third kappa shape index (κ3) is 5.18. The van der Waals surface area contributed by atoms with Gasteiger partial charge in [0.2, 0.25) is 5.91 Å². The number of carbonyl (C=O) groups excluding carboxylic acids is 1. The molecule has 5 rings (SSSR count). The molecule has 0 spiro atoms. The number of fused-ring (bicyclic) bond motifs is 1. The van der Waals surface area contributed by atoms with E-state index in [1.54, 1.807) is 23.0 Å². The Kier molecular flexibility index (Phi) is 7.75. The summed E-state index contributed by atoms with van der Waals surface area (Å²) >= 11 is 12.6. The third-order valence-corrected chi connectivity index (χ3v) is 8.59. The fourth-order valence-electron chi connectivity index (χ4n) is 6.12. The molecule has 3 aromatic rings. The molecule has 2 aliphatic heterocycles. The highest BCUT2D eigenvalue weighted by molar-refractivity contribution is 6.35. The van der Waals surface area contributed by atoms with Gasteiger partial charge in [0.1, 0.15) is 17.4 Å². The number of hydrogen-bond acceptors (Lipinski definition) is 7. The minimum atomic E-state index is -0.272. The quantitative estimate of drug-likeness (QED) is 0.454. The number of rotatable bonds is 7. The lowest BCUT2D eigenvalue weighted by Crippen LogP contribution is -2.52. The lowest BCUT2D eigenvalue weighted by molar-refractivity contribution is -0.118. The summed E-state index contributed by atoms with van der Waals surface area (Å²) in [5.41, 5.74) is 7.52. The molecule has 0 aliphatic carbocycles. The molecule has 2 fully saturated rings. The van der Waals surface area contributed by atoms with E-state index in [2.05, 4.69) is 32.9 Å². The molecule has 2 aliphatic rings. The lowest BCUT2D eigenvalue weighted by Gasteiger charge is -2.43. The van der Waals surface area contributed by atoms with Crippen LogP contribution in [-0.2, 0) is 4.79 Å². The first-order valence-corrected chi connectivity index (χ1v) is 13.9. The maximum Gasteiger partial charge on any atom is 0.217 e. The molecule has 38 heavy (non-hydrogen) atoms. The van der Waals surface area contributed by atoms with Gasteiger partial charge in [-0.2, -0.15) is 10.4 Å². The van der Waals surface area contributed by atoms with Crippen LogP contribution in [0.2, 0.25) is 10.0 Å². The predicted molar refractivity (Wildman–Crippen MR) is 148 cm³/mol. The van der Waals surface area contributed by atoms with E-state index in [1.165, 1.54) is 6.42 Å². The van der Waals surface area contributed by atoms with Gasteiger partial charge in [0, 0.05) is 41.6 Å². The van der Waals surface area contributed by atoms with Gasteiger partial charge in [-0.25, -0.2) is 14.6 Å². The summed E-state index contributed by atoms with van der Waals surface area (Å²) in [5.74, 6) is 0.969. The number of likely N-dealkylation sites (tertiary alicyclic amines) is 1. The van der Waals surface area contributed by atoms with Crippen LogP contribution in [0.1, 0.15) is 63.3 Å². The van der Waals surface area contributed by atoms with Crippen molar-refractivity contribution in [3.8, 4) is 6.07 Å². The molecular formula is C27H32Cl2N8O. The van der Waals surface area contributed by atoms with Crippen LogP contribution in [0.5, 0.6) is 0 Å². The second kappa shape index (κ2) is 11.0. The molecule has 2 aromatic heterocycles. The maximum absolute atomic E-state index is 11.3. The standard InChI is InChI=1S/C27H32Cl2N8O/c1-16-15-35(11-9-23(16)36-10-3-4-19(36)6-8-24(31)38)25-14-32-26-22(13-30)34-37(27(26)33-25)17(2)20-7-5-18(28)12-21(20)29/h5,7,12,14,16-17,19,23H,3-4,6,8-11,15H2,1-2H3,(H2,31,38)/t16-,17-,19?,23+/m1/s1. The van der Waals surface area contributed by atoms with Crippen molar-refractivity contribution in [2.24, 2.45) is 11.7 Å². The Morgan fingerprint density at radius 2 is 2.11 bits per heavy atom. The van der Waals surface area contributed by atoms with Gasteiger partial charge in [0.15, 0.2) is 11.3 Å². The number of primary amides is 1. The highest BCUT2D eigenvalue weighted by atomic mass is 35.5. The van der Waals surface area contributed by atoms with Gasteiger partial charge in [-0.3, -0.25) is 9.69 Å². The van der Waals surface area contributed by atoms with E-state index < -0.39 is 0 Å². The van der Waals surface area contributed by atoms with E-state index in [4.69, 9.17) is 33.9 Å². The van der Waals surface area contributed by atoms with Crippen molar-refractivity contribution in [2.45, 2.75) is 64.1 Å². The van der Waals surface area contributed by atoms with Gasteiger partial charge in [-0.1, -0.05) is 36.2 Å². The minimum Gasteiger partial charge on any atom is -0.370 e. The number of nitrogens with two attached hydrogens (primary N) is 1. The van der Waals surface area contributed by atoms with E-state index in [1.807, 2.05) is 13.0 Å². The van der Waals surface area contributed by atoms with Crippen LogP contribution < -0.4 is 10.6 Å². The number of hydrogen-bond donors (Lipinski definition) is 1. The molecule has 0 saturated carbocycles. The Morgan fingerprint density at radius 1 is 1.29 bits per heavy atom. The number of aromatic nitrogens is 4. The summed E-state index contributed by atoms with van der Waals surface area (Å²) in [4.78, 5) is 25.8. The fourth-order valence-corrected chi connectivity index (χ4v) is 6.68. The highest BCUT2D eigenvalue weighted by Gasteiger charge is 2.37. The van der Waals surface area contributed by atoms with Crippen LogP contribution in [0, 0.1) is 17.2 Å². The second-order valence-electron chi connectivity index (χ2n) is 10.5. The van der Waals surface area contributed by atoms with Gasteiger partial charge >= 0.3 is 0 Å². The third-order valence-electron chi connectivity index (χ3n) is 8.03. The summed E-state index contributed by atoms with van der Waals surface area (Å²) in [6, 6.07) is 8.13. The molecule has 11 heteroatoms. The van der Waals surface area contributed by atoms with Crippen molar-refractivity contribution in [3.63, 3.8) is 0 Å². The smallest absolute Gasteiger partial charge is 0.217 e. The molecule has 1 aromatic carbocycles. The van der Waals surface area contributed by atoms with Crippen LogP contribution in [0.3, 0.4) is 0 Å². The van der Waals surface area contributed by atoms with Crippen molar-refractivity contribution in [2.75, 3.05) is 24.5 Å². The SMILES string of the molecule is C[C@@H]1CN(c2cnc3c(C#N)nn([C@H](C)c4ccc(Cl)cc4Cl)c3n2)CC[C@@H]1N1CCCC1CCC(N)=O. The number of carbonyl (C=O) groups is 1. The molecule has 2 saturated heterocycles. The Labute approximate surface area is 232 Å². The molecule has 4 heterocycles. The number of halogens is 2. The van der Waals surface area contributed by atoms with Gasteiger partial charge < -0.3 is 10.6 Å². The summed E-state index contributed by atoms with van der Waals surface area (Å²) < 4.78 is 1.73. The molecule has 9 nitrogen and oxygen atoms in total. The maximum atomic E-state index is 11.3. The number of nitrogens with zero attached hydrogens (tertiary/aromatic N) is 7. The van der Waals surface area contributed by atoms with Crippen LogP contribution in [0.25, 0.3) is 11.2 Å². The first kappa shape index (κ1) is 26.7. The van der Waals surface area contributed by atoms with Gasteiger partial charge in [0.25, 0.3) is 0 Å². The highest BCUT2D eigenvalue weighted by Crippen LogP contribution is 2.34. The summed E-state index contributed by atoms with van der Waals surface area (Å²) in [6.07, 6.45) is 6.33. The Hall–Kier alpha value is -2.93. The minimum absolute atomic E-state index is 0.222. The second-order valence-corrected chi connectivity index (χ2v) is 11.3. The van der Waals surface area contributed by atoms with E-state index in [0.717, 1.165) is 50.3 Å². The molecule has 2 N–H and O–H groups in total. The topological polar surface area (TPSA) is 117 Å². The molecule has 0 radical (unpaired) electrons. The van der Waals surface area contributed by atoms with Gasteiger partial charge in [-0.05, 0) is 62.8 Å². The molecule has 4 atom stereocenters. The van der Waals surface area contributed by atoms with Crippen LogP contribution >= 0.6 is 23.2 Å². The van der Waals surface area contributed by atoms with Crippen molar-refractivity contribution >= 4 is 46.1 Å². The number of benzene rings is 1. The zero-order valence-electron chi connectivity index (χ0n) is 21.6. The summed E-state index contributed by atoms with van der Waals surface area (Å²) in [7, 11) is 0. The zero-order chi connectivity index (χ0) is 27.0. The normalized spacial score (nSPS) is 23.0. The number of nitriles is 1. The molecule has 1 unspecified atom stereocenters. The van der Waals surface area contributed by atoms with E-state index >= 15 is 0 Å². The molecule has 1 amide bonds. The summed E-state index contributed by atoms with van der Waals surface area (Å²) in [6.45, 7) is 7.03. The first-order valence-electron chi connectivity index (χ1n) is 13.2. The Balaban J connectivity index is 1.38. The average Bonchev–Trinajstić information content (AvgIpc) is 3.51. The summed E-state index contributed by atoms with van der Waals surface area (Å²) in [5, 5.41) is 15.3. The van der Waals surface area contributed by atoms with E-state index in [-0.39, 0.29) is 17.6 Å². The van der Waals surface area contributed by atoms with Crippen molar-refractivity contribution in [1.29, 1.82) is 5.26 Å². The molecule has 0 bridgehead atoms. The molecular weight excluding hydrogens is 523 g/mol. The number of amides is 1. The number of piperidine rings is 1. The Bertz CT molecular complexity index is 1390. The fraction of sp³-hybridized carbons (Fsp3) is 0.519. The van der Waals surface area contributed by atoms with Crippen LogP contribution in [0.15, 0.2) is 24.4 Å².